The zero-order chi connectivity index (χ0) is 13.4. The second-order valence-corrected chi connectivity index (χ2v) is 5.32. The molecule has 0 aliphatic heterocycles. The largest absolute Gasteiger partial charge is 0.347 e. The highest BCUT2D eigenvalue weighted by Gasteiger charge is 2.24. The first kappa shape index (κ1) is 12.1. The molecule has 2 unspecified atom stereocenters. The van der Waals surface area contributed by atoms with Crippen molar-refractivity contribution in [3.05, 3.63) is 23.8 Å². The maximum absolute atomic E-state index is 12.1. The van der Waals surface area contributed by atoms with E-state index in [1.165, 1.54) is 6.42 Å². The van der Waals surface area contributed by atoms with E-state index in [-0.39, 0.29) is 17.8 Å². The smallest absolute Gasteiger partial charge is 0.291 e. The molecule has 100 valence electrons. The molecule has 0 aromatic carbocycles. The molecule has 6 nitrogen and oxygen atoms in total. The van der Waals surface area contributed by atoms with E-state index in [0.717, 1.165) is 18.5 Å². The lowest BCUT2D eigenvalue weighted by Gasteiger charge is -2.10. The van der Waals surface area contributed by atoms with E-state index in [9.17, 15) is 4.79 Å². The Hall–Kier alpha value is -1.98. The number of aromatic nitrogens is 4. The minimum Gasteiger partial charge on any atom is -0.347 e. The molecule has 0 bridgehead atoms. The van der Waals surface area contributed by atoms with Crippen LogP contribution in [0.5, 0.6) is 0 Å². The van der Waals surface area contributed by atoms with Crippen molar-refractivity contribution >= 4 is 11.7 Å². The van der Waals surface area contributed by atoms with Gasteiger partial charge < -0.3 is 5.32 Å². The quantitative estimate of drug-likeness (QED) is 0.883. The second-order valence-electron chi connectivity index (χ2n) is 5.32. The maximum atomic E-state index is 12.1. The lowest BCUT2D eigenvalue weighted by atomic mass is 10.1. The summed E-state index contributed by atoms with van der Waals surface area (Å²) in [5.41, 5.74) is 0.908. The van der Waals surface area contributed by atoms with Crippen LogP contribution in [-0.4, -0.2) is 31.5 Å². The summed E-state index contributed by atoms with van der Waals surface area (Å²) < 4.78 is 1.59. The van der Waals surface area contributed by atoms with Crippen molar-refractivity contribution in [3.8, 4) is 0 Å². The zero-order valence-corrected chi connectivity index (χ0v) is 11.1. The molecule has 2 aromatic heterocycles. The van der Waals surface area contributed by atoms with Crippen LogP contribution in [0.4, 0.5) is 0 Å². The SMILES string of the molecule is Cc1ccnc2nc(C(=O)NC3CCC(C)C3)nn12. The summed E-state index contributed by atoms with van der Waals surface area (Å²) in [6, 6.07) is 2.09. The standard InChI is InChI=1S/C13H17N5O/c1-8-3-4-10(7-8)15-12(19)11-16-13-14-6-5-9(2)18(13)17-11/h5-6,8,10H,3-4,7H2,1-2H3,(H,15,19). The molecule has 19 heavy (non-hydrogen) atoms. The highest BCUT2D eigenvalue weighted by molar-refractivity contribution is 5.91. The fourth-order valence-electron chi connectivity index (χ4n) is 2.59. The number of amides is 1. The molecular formula is C13H17N5O. The van der Waals surface area contributed by atoms with Crippen molar-refractivity contribution in [2.45, 2.75) is 39.2 Å². The van der Waals surface area contributed by atoms with E-state index in [0.29, 0.717) is 11.7 Å². The van der Waals surface area contributed by atoms with Crippen LogP contribution in [0.1, 0.15) is 42.5 Å². The van der Waals surface area contributed by atoms with Crippen LogP contribution in [-0.2, 0) is 0 Å². The molecule has 1 aliphatic rings. The molecule has 1 fully saturated rings. The molecule has 0 radical (unpaired) electrons. The van der Waals surface area contributed by atoms with Gasteiger partial charge in [-0.05, 0) is 38.2 Å². The fourth-order valence-corrected chi connectivity index (χ4v) is 2.59. The van der Waals surface area contributed by atoms with Gasteiger partial charge in [-0.1, -0.05) is 6.92 Å². The number of nitrogens with zero attached hydrogens (tertiary/aromatic N) is 4. The average molecular weight is 259 g/mol. The molecule has 2 heterocycles. The molecule has 2 atom stereocenters. The summed E-state index contributed by atoms with van der Waals surface area (Å²) >= 11 is 0. The summed E-state index contributed by atoms with van der Waals surface area (Å²) in [5, 5.41) is 7.21. The second kappa shape index (κ2) is 4.60. The van der Waals surface area contributed by atoms with Crippen LogP contribution >= 0.6 is 0 Å². The molecule has 6 heteroatoms. The molecule has 2 aromatic rings. The minimum atomic E-state index is -0.205. The van der Waals surface area contributed by atoms with Gasteiger partial charge in [-0.15, -0.1) is 5.10 Å². The number of carbonyl (C=O) groups excluding carboxylic acids is 1. The van der Waals surface area contributed by atoms with Crippen molar-refractivity contribution in [1.29, 1.82) is 0 Å². The van der Waals surface area contributed by atoms with Gasteiger partial charge in [0.1, 0.15) is 0 Å². The topological polar surface area (TPSA) is 72.2 Å². The first-order valence-corrected chi connectivity index (χ1v) is 6.62. The summed E-state index contributed by atoms with van der Waals surface area (Å²) in [6.07, 6.45) is 4.91. The van der Waals surface area contributed by atoms with Gasteiger partial charge in [0.25, 0.3) is 11.7 Å². The first-order valence-electron chi connectivity index (χ1n) is 6.62. The van der Waals surface area contributed by atoms with E-state index in [1.807, 2.05) is 13.0 Å². The molecule has 0 saturated heterocycles. The third-order valence-corrected chi connectivity index (χ3v) is 3.66. The lowest BCUT2D eigenvalue weighted by molar-refractivity contribution is 0.0927. The number of aryl methyl sites for hydroxylation is 1. The Bertz CT molecular complexity index is 621. The van der Waals surface area contributed by atoms with E-state index in [4.69, 9.17) is 0 Å². The molecule has 3 rings (SSSR count). The number of nitrogens with one attached hydrogen (secondary N) is 1. The number of carbonyl (C=O) groups is 1. The van der Waals surface area contributed by atoms with Crippen molar-refractivity contribution < 1.29 is 4.79 Å². The van der Waals surface area contributed by atoms with Crippen molar-refractivity contribution in [2.75, 3.05) is 0 Å². The zero-order valence-electron chi connectivity index (χ0n) is 11.1. The fraction of sp³-hybridized carbons (Fsp3) is 0.538. The van der Waals surface area contributed by atoms with E-state index >= 15 is 0 Å². The predicted molar refractivity (Wildman–Crippen MR) is 69.8 cm³/mol. The Labute approximate surface area is 111 Å². The van der Waals surface area contributed by atoms with E-state index < -0.39 is 0 Å². The molecule has 1 N–H and O–H groups in total. The van der Waals surface area contributed by atoms with Gasteiger partial charge in [0.2, 0.25) is 5.82 Å². The molecule has 1 saturated carbocycles. The van der Waals surface area contributed by atoms with Gasteiger partial charge in [0.05, 0.1) is 0 Å². The highest BCUT2D eigenvalue weighted by atomic mass is 16.2. The summed E-state index contributed by atoms with van der Waals surface area (Å²) in [5.74, 6) is 1.14. The van der Waals surface area contributed by atoms with Crippen molar-refractivity contribution in [3.63, 3.8) is 0 Å². The normalized spacial score (nSPS) is 22.8. The predicted octanol–water partition coefficient (Wildman–Crippen LogP) is 1.35. The molecule has 1 aliphatic carbocycles. The third-order valence-electron chi connectivity index (χ3n) is 3.66. The van der Waals surface area contributed by atoms with Gasteiger partial charge in [0, 0.05) is 17.9 Å². The monoisotopic (exact) mass is 259 g/mol. The number of hydrogen-bond donors (Lipinski definition) is 1. The van der Waals surface area contributed by atoms with Crippen LogP contribution < -0.4 is 5.32 Å². The van der Waals surface area contributed by atoms with E-state index in [1.54, 1.807) is 10.7 Å². The van der Waals surface area contributed by atoms with Crippen molar-refractivity contribution in [2.24, 2.45) is 5.92 Å². The van der Waals surface area contributed by atoms with Gasteiger partial charge in [0.15, 0.2) is 0 Å². The van der Waals surface area contributed by atoms with Crippen LogP contribution in [0, 0.1) is 12.8 Å². The Morgan fingerprint density at radius 1 is 1.47 bits per heavy atom. The maximum Gasteiger partial charge on any atom is 0.291 e. The van der Waals surface area contributed by atoms with Gasteiger partial charge >= 0.3 is 0 Å². The Morgan fingerprint density at radius 2 is 2.32 bits per heavy atom. The van der Waals surface area contributed by atoms with Crippen LogP contribution in [0.2, 0.25) is 0 Å². The van der Waals surface area contributed by atoms with Crippen LogP contribution in [0.25, 0.3) is 5.78 Å². The minimum absolute atomic E-state index is 0.196. The van der Waals surface area contributed by atoms with Crippen LogP contribution in [0.3, 0.4) is 0 Å². The summed E-state index contributed by atoms with van der Waals surface area (Å²) in [4.78, 5) is 20.4. The van der Waals surface area contributed by atoms with Gasteiger partial charge in [-0.2, -0.15) is 4.98 Å². The Morgan fingerprint density at radius 3 is 3.00 bits per heavy atom. The Balaban J connectivity index is 1.80. The number of hydrogen-bond acceptors (Lipinski definition) is 4. The lowest BCUT2D eigenvalue weighted by Crippen LogP contribution is -2.33. The van der Waals surface area contributed by atoms with Crippen LogP contribution in [0.15, 0.2) is 12.3 Å². The third kappa shape index (κ3) is 2.30. The highest BCUT2D eigenvalue weighted by Crippen LogP contribution is 2.24. The molecule has 1 amide bonds. The molecular weight excluding hydrogens is 242 g/mol. The molecule has 0 spiro atoms. The van der Waals surface area contributed by atoms with E-state index in [2.05, 4.69) is 27.3 Å². The van der Waals surface area contributed by atoms with Gasteiger partial charge in [-0.25, -0.2) is 9.50 Å². The first-order chi connectivity index (χ1) is 9.13. The van der Waals surface area contributed by atoms with Crippen molar-refractivity contribution in [1.82, 2.24) is 24.9 Å². The Kier molecular flexibility index (Phi) is 2.93. The number of fused-ring (bicyclic) bond motifs is 1. The summed E-state index contributed by atoms with van der Waals surface area (Å²) in [7, 11) is 0. The number of rotatable bonds is 2. The van der Waals surface area contributed by atoms with Gasteiger partial charge in [-0.3, -0.25) is 4.79 Å². The summed E-state index contributed by atoms with van der Waals surface area (Å²) in [6.45, 7) is 4.12. The average Bonchev–Trinajstić information content (AvgIpc) is 2.96.